The molecule has 0 spiro atoms. The van der Waals surface area contributed by atoms with Gasteiger partial charge in [-0.1, -0.05) is 4.85 Å². The minimum absolute atomic E-state index is 0.467. The van der Waals surface area contributed by atoms with Crippen LogP contribution in [0, 0.1) is 32.9 Å². The van der Waals surface area contributed by atoms with Crippen molar-refractivity contribution in [2.45, 2.75) is 6.42 Å². The Bertz CT molecular complexity index is 536. The van der Waals surface area contributed by atoms with Crippen molar-refractivity contribution >= 4 is 28.6 Å². The van der Waals surface area contributed by atoms with E-state index in [0.717, 1.165) is 22.6 Å². The smallest absolute Gasteiger partial charge is 0.330 e. The van der Waals surface area contributed by atoms with Gasteiger partial charge in [0.1, 0.15) is 0 Å². The third kappa shape index (κ3) is 2.90. The number of carbonyl (C=O) groups excluding carboxylic acids is 1. The van der Waals surface area contributed by atoms with Crippen LogP contribution in [0.1, 0.15) is 6.42 Å². The molecule has 0 saturated carbocycles. The lowest BCUT2D eigenvalue weighted by molar-refractivity contribution is -0.133. The van der Waals surface area contributed by atoms with Crippen molar-refractivity contribution in [3.63, 3.8) is 0 Å². The first-order valence-corrected chi connectivity index (χ1v) is 5.51. The summed E-state index contributed by atoms with van der Waals surface area (Å²) in [7, 11) is 1.33. The summed E-state index contributed by atoms with van der Waals surface area (Å²) >= 11 is 1.13. The van der Waals surface area contributed by atoms with Crippen LogP contribution < -0.4 is 4.74 Å². The Hall–Kier alpha value is -1.37. The van der Waals surface area contributed by atoms with E-state index in [2.05, 4.69) is 15.7 Å². The quantitative estimate of drug-likeness (QED) is 0.199. The highest BCUT2D eigenvalue weighted by atomic mass is 127. The zero-order valence-corrected chi connectivity index (χ0v) is 11.0. The molecule has 0 N–H and O–H groups in total. The first kappa shape index (κ1) is 14.7. The normalized spacial score (nSPS) is 9.67. The predicted molar refractivity (Wildman–Crippen MR) is 62.4 cm³/mol. The molecule has 0 unspecified atom stereocenters. The fraction of sp³-hybridized carbons (Fsp3) is 0.200. The van der Waals surface area contributed by atoms with Crippen LogP contribution in [0.25, 0.3) is 4.85 Å². The SMILES string of the molecule is C[N+]#CCC(=O)Oc1c(F)c(F)c(F)c(I)c1F. The van der Waals surface area contributed by atoms with Crippen molar-refractivity contribution in [3.8, 4) is 11.8 Å². The maximum atomic E-state index is 13.4. The third-order valence-corrected chi connectivity index (χ3v) is 2.71. The molecule has 0 aliphatic carbocycles. The fourth-order valence-electron chi connectivity index (χ4n) is 0.968. The van der Waals surface area contributed by atoms with Crippen molar-refractivity contribution in [1.29, 1.82) is 0 Å². The predicted octanol–water partition coefficient (Wildman–Crippen LogP) is 3.11. The second-order valence-electron chi connectivity index (χ2n) is 2.93. The van der Waals surface area contributed by atoms with Crippen LogP contribution in [0.4, 0.5) is 17.6 Å². The average Bonchev–Trinajstić information content (AvgIpc) is 2.36. The van der Waals surface area contributed by atoms with Crippen molar-refractivity contribution in [2.75, 3.05) is 7.05 Å². The molecule has 0 aromatic heterocycles. The molecule has 0 heterocycles. The van der Waals surface area contributed by atoms with Gasteiger partial charge in [-0.2, -0.15) is 4.39 Å². The van der Waals surface area contributed by atoms with Crippen molar-refractivity contribution in [2.24, 2.45) is 0 Å². The van der Waals surface area contributed by atoms with Crippen LogP contribution in [0.2, 0.25) is 0 Å². The Kier molecular flexibility index (Phi) is 4.89. The summed E-state index contributed by atoms with van der Waals surface area (Å²) in [4.78, 5) is 14.4. The maximum Gasteiger partial charge on any atom is 0.330 e. The number of carbonyl (C=O) groups is 1. The van der Waals surface area contributed by atoms with E-state index < -0.39 is 45.0 Å². The topological polar surface area (TPSA) is 30.7 Å². The molecule has 18 heavy (non-hydrogen) atoms. The Morgan fingerprint density at radius 3 is 2.39 bits per heavy atom. The molecular weight excluding hydrogens is 369 g/mol. The molecule has 1 rings (SSSR count). The van der Waals surface area contributed by atoms with Crippen molar-refractivity contribution < 1.29 is 27.1 Å². The van der Waals surface area contributed by atoms with Crippen LogP contribution >= 0.6 is 22.6 Å². The van der Waals surface area contributed by atoms with Gasteiger partial charge < -0.3 is 4.74 Å². The summed E-state index contributed by atoms with van der Waals surface area (Å²) in [6, 6.07) is 2.18. The zero-order chi connectivity index (χ0) is 13.9. The number of esters is 1. The second-order valence-corrected chi connectivity index (χ2v) is 4.01. The van der Waals surface area contributed by atoms with E-state index in [-0.39, 0.29) is 0 Å². The standard InChI is InChI=1S/C10H5F4INO2/c1-16-3-2-4(17)18-10-7(13)5(11)6(12)9(15)8(10)14/h2H2,1H3/q+1. The summed E-state index contributed by atoms with van der Waals surface area (Å²) in [5.41, 5.74) is 0. The molecule has 0 aliphatic heterocycles. The lowest BCUT2D eigenvalue weighted by Crippen LogP contribution is -2.12. The molecule has 0 atom stereocenters. The number of hydrogen-bond donors (Lipinski definition) is 0. The Morgan fingerprint density at radius 1 is 1.22 bits per heavy atom. The molecule has 1 aromatic rings. The van der Waals surface area contributed by atoms with Gasteiger partial charge in [0.15, 0.2) is 23.9 Å². The van der Waals surface area contributed by atoms with Gasteiger partial charge in [-0.15, -0.1) is 0 Å². The van der Waals surface area contributed by atoms with E-state index in [1.165, 1.54) is 7.05 Å². The summed E-state index contributed by atoms with van der Waals surface area (Å²) in [6.07, 6.45) is -0.467. The fourth-order valence-corrected chi connectivity index (χ4v) is 1.45. The molecule has 0 radical (unpaired) electrons. The zero-order valence-electron chi connectivity index (χ0n) is 8.86. The lowest BCUT2D eigenvalue weighted by atomic mass is 10.3. The highest BCUT2D eigenvalue weighted by Crippen LogP contribution is 2.31. The van der Waals surface area contributed by atoms with Crippen LogP contribution in [-0.4, -0.2) is 13.0 Å². The Balaban J connectivity index is 3.16. The molecule has 0 fully saturated rings. The summed E-state index contributed by atoms with van der Waals surface area (Å²) < 4.78 is 56.0. The number of benzene rings is 1. The number of halogens is 5. The summed E-state index contributed by atoms with van der Waals surface area (Å²) in [5.74, 6) is -9.33. The second kappa shape index (κ2) is 5.99. The van der Waals surface area contributed by atoms with Gasteiger partial charge in [-0.05, 0) is 22.6 Å². The van der Waals surface area contributed by atoms with E-state index in [4.69, 9.17) is 0 Å². The summed E-state index contributed by atoms with van der Waals surface area (Å²) in [5, 5.41) is 0. The third-order valence-electron chi connectivity index (χ3n) is 1.77. The van der Waals surface area contributed by atoms with E-state index >= 15 is 0 Å². The van der Waals surface area contributed by atoms with E-state index in [0.29, 0.717) is 0 Å². The van der Waals surface area contributed by atoms with E-state index in [1.54, 1.807) is 0 Å². The van der Waals surface area contributed by atoms with Crippen LogP contribution in [0.3, 0.4) is 0 Å². The lowest BCUT2D eigenvalue weighted by Gasteiger charge is -2.07. The Labute approximate surface area is 113 Å². The van der Waals surface area contributed by atoms with E-state index in [1.807, 2.05) is 0 Å². The van der Waals surface area contributed by atoms with E-state index in [9.17, 15) is 22.4 Å². The molecule has 96 valence electrons. The van der Waals surface area contributed by atoms with Crippen molar-refractivity contribution in [3.05, 3.63) is 31.7 Å². The van der Waals surface area contributed by atoms with Gasteiger partial charge in [-0.3, -0.25) is 4.79 Å². The maximum absolute atomic E-state index is 13.4. The highest BCUT2D eigenvalue weighted by Gasteiger charge is 2.27. The number of ether oxygens (including phenoxy) is 1. The van der Waals surface area contributed by atoms with Crippen LogP contribution in [0.15, 0.2) is 0 Å². The molecule has 0 saturated heterocycles. The minimum Gasteiger partial charge on any atom is -0.419 e. The molecule has 8 heteroatoms. The van der Waals surface area contributed by atoms with Gasteiger partial charge in [-0.25, -0.2) is 13.2 Å². The number of rotatable bonds is 2. The summed E-state index contributed by atoms with van der Waals surface area (Å²) in [6.45, 7) is 0. The molecule has 0 amide bonds. The largest absolute Gasteiger partial charge is 0.419 e. The van der Waals surface area contributed by atoms with Crippen LogP contribution in [-0.2, 0) is 4.79 Å². The average molecular weight is 374 g/mol. The van der Waals surface area contributed by atoms with Crippen molar-refractivity contribution in [1.82, 2.24) is 0 Å². The number of nitrogens with zero attached hydrogens (tertiary/aromatic N) is 1. The first-order valence-electron chi connectivity index (χ1n) is 4.44. The van der Waals surface area contributed by atoms with Gasteiger partial charge in [0.2, 0.25) is 11.6 Å². The van der Waals surface area contributed by atoms with Gasteiger partial charge in [0, 0.05) is 0 Å². The molecule has 3 nitrogen and oxygen atoms in total. The minimum atomic E-state index is -1.91. The van der Waals surface area contributed by atoms with Gasteiger partial charge in [0.05, 0.1) is 3.57 Å². The molecule has 0 aliphatic rings. The van der Waals surface area contributed by atoms with Gasteiger partial charge in [0.25, 0.3) is 13.1 Å². The number of hydrogen-bond acceptors (Lipinski definition) is 2. The first-order chi connectivity index (χ1) is 8.40. The molecule has 1 aromatic carbocycles. The highest BCUT2D eigenvalue weighted by molar-refractivity contribution is 14.1. The molecule has 0 bridgehead atoms. The van der Waals surface area contributed by atoms with Gasteiger partial charge >= 0.3 is 5.97 Å². The monoisotopic (exact) mass is 374 g/mol. The van der Waals surface area contributed by atoms with Crippen LogP contribution in [0.5, 0.6) is 5.75 Å². The molecular formula is C10H5F4INO2+. The Morgan fingerprint density at radius 2 is 1.83 bits per heavy atom.